The standard InChI is InChI=1S/C22H31NO2/c1-16-3-5-17(6-4-16)11-18-7-9-22(10-8-18)14-23(15-22)20(24)19-12-21(2,25)13-19/h3-6,18-19,25H,7-15H2,1-2H3. The second kappa shape index (κ2) is 6.12. The minimum absolute atomic E-state index is 0.0743. The summed E-state index contributed by atoms with van der Waals surface area (Å²) in [5.74, 6) is 1.17. The molecule has 1 aromatic carbocycles. The lowest BCUT2D eigenvalue weighted by Gasteiger charge is -2.55. The van der Waals surface area contributed by atoms with E-state index < -0.39 is 5.60 Å². The topological polar surface area (TPSA) is 40.5 Å². The Morgan fingerprint density at radius 2 is 1.76 bits per heavy atom. The molecule has 1 spiro atoms. The Kier molecular flexibility index (Phi) is 4.18. The summed E-state index contributed by atoms with van der Waals surface area (Å²) in [5, 5.41) is 9.84. The molecule has 1 aromatic rings. The highest BCUT2D eigenvalue weighted by molar-refractivity contribution is 5.81. The lowest BCUT2D eigenvalue weighted by atomic mass is 9.64. The third kappa shape index (κ3) is 3.48. The first-order valence-corrected chi connectivity index (χ1v) is 9.91. The molecule has 1 saturated heterocycles. The molecular weight excluding hydrogens is 310 g/mol. The van der Waals surface area contributed by atoms with E-state index in [4.69, 9.17) is 0 Å². The van der Waals surface area contributed by atoms with Crippen molar-refractivity contribution in [2.75, 3.05) is 13.1 Å². The number of rotatable bonds is 3. The van der Waals surface area contributed by atoms with Crippen molar-refractivity contribution in [2.24, 2.45) is 17.3 Å². The summed E-state index contributed by atoms with van der Waals surface area (Å²) in [6.45, 7) is 5.90. The monoisotopic (exact) mass is 341 g/mol. The van der Waals surface area contributed by atoms with Crippen LogP contribution >= 0.6 is 0 Å². The Balaban J connectivity index is 1.23. The zero-order valence-electron chi connectivity index (χ0n) is 15.6. The molecule has 1 aliphatic heterocycles. The Labute approximate surface area is 151 Å². The molecule has 2 aliphatic carbocycles. The maximum atomic E-state index is 12.5. The van der Waals surface area contributed by atoms with Crippen molar-refractivity contribution in [3.63, 3.8) is 0 Å². The Bertz CT molecular complexity index is 624. The summed E-state index contributed by atoms with van der Waals surface area (Å²) in [4.78, 5) is 14.5. The number of nitrogens with zero attached hydrogens (tertiary/aromatic N) is 1. The van der Waals surface area contributed by atoms with E-state index in [0.29, 0.717) is 24.2 Å². The smallest absolute Gasteiger partial charge is 0.225 e. The third-order valence-electron chi connectivity index (χ3n) is 6.90. The van der Waals surface area contributed by atoms with Gasteiger partial charge in [-0.05, 0) is 70.3 Å². The Hall–Kier alpha value is -1.35. The number of hydrogen-bond donors (Lipinski definition) is 1. The number of amides is 1. The van der Waals surface area contributed by atoms with Gasteiger partial charge in [0.15, 0.2) is 0 Å². The van der Waals surface area contributed by atoms with Gasteiger partial charge < -0.3 is 10.0 Å². The first kappa shape index (κ1) is 17.1. The number of aliphatic hydroxyl groups is 1. The number of hydrogen-bond acceptors (Lipinski definition) is 2. The van der Waals surface area contributed by atoms with E-state index in [0.717, 1.165) is 19.0 Å². The van der Waals surface area contributed by atoms with Crippen molar-refractivity contribution in [2.45, 2.75) is 64.4 Å². The van der Waals surface area contributed by atoms with E-state index in [1.165, 1.54) is 43.2 Å². The number of carbonyl (C=O) groups excluding carboxylic acids is 1. The molecule has 3 aliphatic rings. The zero-order chi connectivity index (χ0) is 17.7. The van der Waals surface area contributed by atoms with Crippen LogP contribution in [-0.4, -0.2) is 34.6 Å². The molecule has 1 heterocycles. The highest BCUT2D eigenvalue weighted by atomic mass is 16.3. The SMILES string of the molecule is Cc1ccc(CC2CCC3(CC2)CN(C(=O)C2CC(C)(O)C2)C3)cc1. The van der Waals surface area contributed by atoms with Crippen LogP contribution in [0.2, 0.25) is 0 Å². The number of carbonyl (C=O) groups is 1. The van der Waals surface area contributed by atoms with Gasteiger partial charge in [-0.2, -0.15) is 0 Å². The molecule has 25 heavy (non-hydrogen) atoms. The highest BCUT2D eigenvalue weighted by Gasteiger charge is 2.51. The van der Waals surface area contributed by atoms with Gasteiger partial charge >= 0.3 is 0 Å². The first-order chi connectivity index (χ1) is 11.8. The lowest BCUT2D eigenvalue weighted by Crippen LogP contribution is -2.62. The van der Waals surface area contributed by atoms with E-state index in [-0.39, 0.29) is 5.92 Å². The van der Waals surface area contributed by atoms with Crippen LogP contribution in [0.5, 0.6) is 0 Å². The Morgan fingerprint density at radius 1 is 1.16 bits per heavy atom. The summed E-state index contributed by atoms with van der Waals surface area (Å²) >= 11 is 0. The molecule has 0 unspecified atom stereocenters. The molecule has 0 bridgehead atoms. The van der Waals surface area contributed by atoms with E-state index >= 15 is 0 Å². The summed E-state index contributed by atoms with van der Waals surface area (Å²) in [6.07, 6.45) is 7.64. The van der Waals surface area contributed by atoms with Gasteiger partial charge in [0.05, 0.1) is 5.60 Å². The van der Waals surface area contributed by atoms with E-state index in [1.54, 1.807) is 0 Å². The molecule has 1 N–H and O–H groups in total. The second-order valence-electron chi connectivity index (χ2n) is 9.43. The average Bonchev–Trinajstić information content (AvgIpc) is 2.53. The van der Waals surface area contributed by atoms with Crippen LogP contribution in [0.1, 0.15) is 56.6 Å². The molecule has 0 aromatic heterocycles. The van der Waals surface area contributed by atoms with Crippen LogP contribution in [0, 0.1) is 24.2 Å². The van der Waals surface area contributed by atoms with Gasteiger partial charge in [0.25, 0.3) is 0 Å². The maximum Gasteiger partial charge on any atom is 0.225 e. The minimum atomic E-state index is -0.600. The van der Waals surface area contributed by atoms with E-state index in [9.17, 15) is 9.90 Å². The summed E-state index contributed by atoms with van der Waals surface area (Å²) in [7, 11) is 0. The van der Waals surface area contributed by atoms with Crippen LogP contribution in [0.4, 0.5) is 0 Å². The van der Waals surface area contributed by atoms with Gasteiger partial charge in [0.1, 0.15) is 0 Å². The fraction of sp³-hybridized carbons (Fsp3) is 0.682. The van der Waals surface area contributed by atoms with E-state index in [1.807, 2.05) is 6.92 Å². The van der Waals surface area contributed by atoms with Crippen LogP contribution < -0.4 is 0 Å². The second-order valence-corrected chi connectivity index (χ2v) is 9.43. The van der Waals surface area contributed by atoms with Crippen molar-refractivity contribution in [3.05, 3.63) is 35.4 Å². The van der Waals surface area contributed by atoms with Crippen LogP contribution in [-0.2, 0) is 11.2 Å². The minimum Gasteiger partial charge on any atom is -0.390 e. The van der Waals surface area contributed by atoms with Crippen molar-refractivity contribution < 1.29 is 9.90 Å². The third-order valence-corrected chi connectivity index (χ3v) is 6.90. The molecule has 3 fully saturated rings. The molecule has 2 saturated carbocycles. The van der Waals surface area contributed by atoms with Crippen LogP contribution in [0.3, 0.4) is 0 Å². The predicted octanol–water partition coefficient (Wildman–Crippen LogP) is 3.72. The zero-order valence-corrected chi connectivity index (χ0v) is 15.6. The van der Waals surface area contributed by atoms with Crippen molar-refractivity contribution >= 4 is 5.91 Å². The summed E-state index contributed by atoms with van der Waals surface area (Å²) in [5.41, 5.74) is 2.61. The predicted molar refractivity (Wildman–Crippen MR) is 99.2 cm³/mol. The van der Waals surface area contributed by atoms with Gasteiger partial charge in [-0.25, -0.2) is 0 Å². The van der Waals surface area contributed by atoms with Gasteiger partial charge in [-0.15, -0.1) is 0 Å². The fourth-order valence-electron chi connectivity index (χ4n) is 5.22. The average molecular weight is 341 g/mol. The summed E-state index contributed by atoms with van der Waals surface area (Å²) in [6, 6.07) is 8.98. The molecular formula is C22H31NO2. The largest absolute Gasteiger partial charge is 0.390 e. The molecule has 3 nitrogen and oxygen atoms in total. The van der Waals surface area contributed by atoms with Crippen LogP contribution in [0.15, 0.2) is 24.3 Å². The molecule has 1 amide bonds. The summed E-state index contributed by atoms with van der Waals surface area (Å²) < 4.78 is 0. The van der Waals surface area contributed by atoms with Gasteiger partial charge in [0.2, 0.25) is 5.91 Å². The lowest BCUT2D eigenvalue weighted by molar-refractivity contribution is -0.163. The number of aryl methyl sites for hydroxylation is 1. The van der Waals surface area contributed by atoms with Crippen LogP contribution in [0.25, 0.3) is 0 Å². The quantitative estimate of drug-likeness (QED) is 0.910. The molecule has 136 valence electrons. The van der Waals surface area contributed by atoms with Gasteiger partial charge in [0, 0.05) is 24.4 Å². The normalized spacial score (nSPS) is 31.5. The molecule has 0 atom stereocenters. The van der Waals surface area contributed by atoms with Gasteiger partial charge in [-0.3, -0.25) is 4.79 Å². The molecule has 4 rings (SSSR count). The Morgan fingerprint density at radius 3 is 2.32 bits per heavy atom. The maximum absolute atomic E-state index is 12.5. The van der Waals surface area contributed by atoms with Crippen molar-refractivity contribution in [3.8, 4) is 0 Å². The fourth-order valence-corrected chi connectivity index (χ4v) is 5.22. The van der Waals surface area contributed by atoms with Gasteiger partial charge in [-0.1, -0.05) is 29.8 Å². The first-order valence-electron chi connectivity index (χ1n) is 9.91. The van der Waals surface area contributed by atoms with Crippen molar-refractivity contribution in [1.29, 1.82) is 0 Å². The van der Waals surface area contributed by atoms with Crippen molar-refractivity contribution in [1.82, 2.24) is 4.90 Å². The number of benzene rings is 1. The van der Waals surface area contributed by atoms with E-state index in [2.05, 4.69) is 36.1 Å². The molecule has 0 radical (unpaired) electrons. The highest BCUT2D eigenvalue weighted by Crippen LogP contribution is 2.48. The number of likely N-dealkylation sites (tertiary alicyclic amines) is 1. The molecule has 3 heteroatoms.